The summed E-state index contributed by atoms with van der Waals surface area (Å²) < 4.78 is 7.75. The van der Waals surface area contributed by atoms with Crippen LogP contribution in [0.4, 0.5) is 0 Å². The van der Waals surface area contributed by atoms with Gasteiger partial charge in [0.1, 0.15) is 17.4 Å². The summed E-state index contributed by atoms with van der Waals surface area (Å²) in [6, 6.07) is 8.14. The second-order valence-corrected chi connectivity index (χ2v) is 5.77. The van der Waals surface area contributed by atoms with Crippen molar-refractivity contribution in [3.8, 4) is 6.07 Å². The van der Waals surface area contributed by atoms with Gasteiger partial charge >= 0.3 is 0 Å². The number of nitriles is 1. The molecule has 1 saturated heterocycles. The first-order valence-corrected chi connectivity index (χ1v) is 7.28. The molecule has 0 spiro atoms. The summed E-state index contributed by atoms with van der Waals surface area (Å²) in [4.78, 5) is 4.61. The molecule has 1 aliphatic heterocycles. The van der Waals surface area contributed by atoms with E-state index in [0.717, 1.165) is 36.3 Å². The van der Waals surface area contributed by atoms with Crippen molar-refractivity contribution in [2.75, 3.05) is 13.2 Å². The first-order valence-electron chi connectivity index (χ1n) is 6.85. The van der Waals surface area contributed by atoms with E-state index in [1.54, 1.807) is 6.07 Å². The Hall–Kier alpha value is -1.57. The average Bonchev–Trinajstić information content (AvgIpc) is 2.87. The fourth-order valence-electron chi connectivity index (χ4n) is 2.82. The van der Waals surface area contributed by atoms with Gasteiger partial charge in [-0.2, -0.15) is 5.26 Å². The molecule has 1 aromatic heterocycles. The van der Waals surface area contributed by atoms with E-state index < -0.39 is 0 Å². The summed E-state index contributed by atoms with van der Waals surface area (Å²) in [6.45, 7) is 3.41. The van der Waals surface area contributed by atoms with Crippen LogP contribution in [0.1, 0.15) is 42.6 Å². The van der Waals surface area contributed by atoms with E-state index in [0.29, 0.717) is 12.2 Å². The van der Waals surface area contributed by atoms with Gasteiger partial charge in [-0.05, 0) is 31.9 Å². The number of ether oxygens (including phenoxy) is 1. The Morgan fingerprint density at radius 2 is 2.40 bits per heavy atom. The summed E-state index contributed by atoms with van der Waals surface area (Å²) in [6.07, 6.45) is 2.09. The lowest BCUT2D eigenvalue weighted by atomic mass is 10.1. The highest BCUT2D eigenvalue weighted by Crippen LogP contribution is 2.32. The molecule has 1 aromatic carbocycles. The molecule has 104 valence electrons. The lowest BCUT2D eigenvalue weighted by Gasteiger charge is -2.26. The number of para-hydroxylation sites is 1. The van der Waals surface area contributed by atoms with Crippen LogP contribution in [0.2, 0.25) is 0 Å². The minimum Gasteiger partial charge on any atom is -0.379 e. The molecule has 20 heavy (non-hydrogen) atoms. The number of benzene rings is 1. The van der Waals surface area contributed by atoms with Crippen LogP contribution in [-0.4, -0.2) is 22.8 Å². The van der Waals surface area contributed by atoms with Gasteiger partial charge in [-0.1, -0.05) is 6.07 Å². The van der Waals surface area contributed by atoms with Crippen LogP contribution in [0.15, 0.2) is 18.2 Å². The Morgan fingerprint density at radius 3 is 3.05 bits per heavy atom. The molecule has 0 saturated carbocycles. The van der Waals surface area contributed by atoms with Crippen molar-refractivity contribution in [1.29, 1.82) is 5.26 Å². The number of nitrogens with zero attached hydrogens (tertiary/aromatic N) is 3. The van der Waals surface area contributed by atoms with E-state index in [4.69, 9.17) is 16.3 Å². The highest BCUT2D eigenvalue weighted by Gasteiger charge is 2.24. The summed E-state index contributed by atoms with van der Waals surface area (Å²) >= 11 is 6.29. The van der Waals surface area contributed by atoms with Gasteiger partial charge in [-0.25, -0.2) is 4.98 Å². The number of aromatic nitrogens is 2. The van der Waals surface area contributed by atoms with E-state index in [1.807, 2.05) is 19.1 Å². The minimum atomic E-state index is -0.198. The number of imidazole rings is 1. The Bertz CT molecular complexity index is 666. The minimum absolute atomic E-state index is 0.198. The third kappa shape index (κ3) is 2.17. The summed E-state index contributed by atoms with van der Waals surface area (Å²) in [5.74, 6) is 0.819. The van der Waals surface area contributed by atoms with Crippen LogP contribution in [0.3, 0.4) is 0 Å². The molecule has 5 heteroatoms. The number of hydrogen-bond donors (Lipinski definition) is 0. The lowest BCUT2D eigenvalue weighted by molar-refractivity contribution is 0.0595. The third-order valence-electron chi connectivity index (χ3n) is 3.73. The molecule has 0 radical (unpaired) electrons. The fourth-order valence-corrected chi connectivity index (χ4v) is 2.97. The van der Waals surface area contributed by atoms with Gasteiger partial charge in [0.25, 0.3) is 0 Å². The van der Waals surface area contributed by atoms with Crippen LogP contribution >= 0.6 is 11.6 Å². The molecule has 2 atom stereocenters. The molecule has 0 aliphatic carbocycles. The number of fused-ring (bicyclic) bond motifs is 1. The maximum absolute atomic E-state index is 9.23. The van der Waals surface area contributed by atoms with Crippen molar-refractivity contribution in [2.24, 2.45) is 0 Å². The number of rotatable bonds is 2. The predicted octanol–water partition coefficient (Wildman–Crippen LogP) is 3.56. The summed E-state index contributed by atoms with van der Waals surface area (Å²) in [5, 5.41) is 9.03. The SMILES string of the molecule is CC(Cl)c1nc2c(C#N)cccc2n1C1CCCOC1. The smallest absolute Gasteiger partial charge is 0.128 e. The molecule has 2 aromatic rings. The van der Waals surface area contributed by atoms with Gasteiger partial charge in [0.2, 0.25) is 0 Å². The molecule has 4 nitrogen and oxygen atoms in total. The highest BCUT2D eigenvalue weighted by atomic mass is 35.5. The van der Waals surface area contributed by atoms with E-state index in [-0.39, 0.29) is 11.4 Å². The lowest BCUT2D eigenvalue weighted by Crippen LogP contribution is -2.23. The number of alkyl halides is 1. The largest absolute Gasteiger partial charge is 0.379 e. The van der Waals surface area contributed by atoms with Crippen LogP contribution in [0, 0.1) is 11.3 Å². The van der Waals surface area contributed by atoms with Crippen molar-refractivity contribution < 1.29 is 4.74 Å². The third-order valence-corrected chi connectivity index (χ3v) is 3.92. The first kappa shape index (κ1) is 13.4. The van der Waals surface area contributed by atoms with Crippen LogP contribution in [0.25, 0.3) is 11.0 Å². The maximum Gasteiger partial charge on any atom is 0.128 e. The molecule has 0 bridgehead atoms. The monoisotopic (exact) mass is 289 g/mol. The molecule has 3 rings (SSSR count). The molecular formula is C15H16ClN3O. The van der Waals surface area contributed by atoms with Gasteiger partial charge in [-0.15, -0.1) is 11.6 Å². The topological polar surface area (TPSA) is 50.8 Å². The zero-order chi connectivity index (χ0) is 14.1. The van der Waals surface area contributed by atoms with Gasteiger partial charge in [0, 0.05) is 6.61 Å². The van der Waals surface area contributed by atoms with Gasteiger partial charge in [-0.3, -0.25) is 0 Å². The summed E-state index contributed by atoms with van der Waals surface area (Å²) in [5.41, 5.74) is 2.31. The average molecular weight is 290 g/mol. The van der Waals surface area contributed by atoms with E-state index in [2.05, 4.69) is 15.6 Å². The standard InChI is InChI=1S/C15H16ClN3O/c1-10(16)15-18-14-11(8-17)4-2-6-13(14)19(15)12-5-3-7-20-9-12/h2,4,6,10,12H,3,5,7,9H2,1H3. The Morgan fingerprint density at radius 1 is 1.55 bits per heavy atom. The zero-order valence-electron chi connectivity index (χ0n) is 11.3. The molecule has 0 N–H and O–H groups in total. The molecule has 1 aliphatic rings. The van der Waals surface area contributed by atoms with Crippen LogP contribution < -0.4 is 0 Å². The second-order valence-electron chi connectivity index (χ2n) is 5.11. The zero-order valence-corrected chi connectivity index (χ0v) is 12.1. The maximum atomic E-state index is 9.23. The Balaban J connectivity index is 2.22. The molecule has 1 fully saturated rings. The van der Waals surface area contributed by atoms with Crippen LogP contribution in [-0.2, 0) is 4.74 Å². The van der Waals surface area contributed by atoms with E-state index in [1.165, 1.54) is 0 Å². The van der Waals surface area contributed by atoms with Crippen molar-refractivity contribution in [3.05, 3.63) is 29.6 Å². The van der Waals surface area contributed by atoms with Gasteiger partial charge in [0.15, 0.2) is 0 Å². The Labute approximate surface area is 122 Å². The predicted molar refractivity (Wildman–Crippen MR) is 77.8 cm³/mol. The molecule has 2 heterocycles. The van der Waals surface area contributed by atoms with E-state index >= 15 is 0 Å². The van der Waals surface area contributed by atoms with Gasteiger partial charge < -0.3 is 9.30 Å². The fraction of sp³-hybridized carbons (Fsp3) is 0.467. The van der Waals surface area contributed by atoms with Crippen molar-refractivity contribution >= 4 is 22.6 Å². The first-order chi connectivity index (χ1) is 9.72. The van der Waals surface area contributed by atoms with E-state index in [9.17, 15) is 5.26 Å². The number of halogens is 1. The van der Waals surface area contributed by atoms with Crippen molar-refractivity contribution in [2.45, 2.75) is 31.2 Å². The Kier molecular flexibility index (Phi) is 3.64. The normalized spacial score (nSPS) is 20.8. The van der Waals surface area contributed by atoms with Crippen LogP contribution in [0.5, 0.6) is 0 Å². The number of hydrogen-bond acceptors (Lipinski definition) is 3. The van der Waals surface area contributed by atoms with Crippen molar-refractivity contribution in [1.82, 2.24) is 9.55 Å². The molecule has 0 amide bonds. The highest BCUT2D eigenvalue weighted by molar-refractivity contribution is 6.20. The quantitative estimate of drug-likeness (QED) is 0.794. The van der Waals surface area contributed by atoms with Gasteiger partial charge in [0.05, 0.1) is 29.1 Å². The van der Waals surface area contributed by atoms with Crippen molar-refractivity contribution in [3.63, 3.8) is 0 Å². The summed E-state index contributed by atoms with van der Waals surface area (Å²) in [7, 11) is 0. The molecule has 2 unspecified atom stereocenters. The second kappa shape index (κ2) is 5.43. The molecular weight excluding hydrogens is 274 g/mol.